The molecule has 0 bridgehead atoms. The molecular formula is C10H21NO. The summed E-state index contributed by atoms with van der Waals surface area (Å²) < 4.78 is 0. The fourth-order valence-corrected chi connectivity index (χ4v) is 2.32. The Morgan fingerprint density at radius 3 is 2.58 bits per heavy atom. The highest BCUT2D eigenvalue weighted by Crippen LogP contribution is 2.30. The summed E-state index contributed by atoms with van der Waals surface area (Å²) in [7, 11) is 0. The summed E-state index contributed by atoms with van der Waals surface area (Å²) in [6.45, 7) is 9.40. The third-order valence-electron chi connectivity index (χ3n) is 3.09. The Morgan fingerprint density at radius 2 is 2.17 bits per heavy atom. The maximum atomic E-state index is 9.06. The molecule has 1 aliphatic heterocycles. The van der Waals surface area contributed by atoms with Crippen LogP contribution in [0.1, 0.15) is 33.6 Å². The zero-order valence-corrected chi connectivity index (χ0v) is 8.51. The lowest BCUT2D eigenvalue weighted by molar-refractivity contribution is 0.0318. The highest BCUT2D eigenvalue weighted by Gasteiger charge is 2.32. The van der Waals surface area contributed by atoms with Crippen LogP contribution in [0.25, 0.3) is 0 Å². The molecule has 1 fully saturated rings. The number of nitrogens with zero attached hydrogens (tertiary/aromatic N) is 1. The van der Waals surface area contributed by atoms with Gasteiger partial charge in [-0.1, -0.05) is 6.92 Å². The highest BCUT2D eigenvalue weighted by molar-refractivity contribution is 4.88. The van der Waals surface area contributed by atoms with Gasteiger partial charge in [0.05, 0.1) is 0 Å². The van der Waals surface area contributed by atoms with E-state index in [9.17, 15) is 0 Å². The van der Waals surface area contributed by atoms with Crippen LogP contribution in [0.3, 0.4) is 0 Å². The molecule has 2 nitrogen and oxygen atoms in total. The molecule has 72 valence electrons. The first kappa shape index (κ1) is 10.0. The molecule has 0 aromatic rings. The average molecular weight is 171 g/mol. The molecule has 1 aliphatic rings. The number of likely N-dealkylation sites (tertiary alicyclic amines) is 1. The molecule has 0 saturated carbocycles. The van der Waals surface area contributed by atoms with Crippen molar-refractivity contribution in [3.8, 4) is 0 Å². The molecule has 1 atom stereocenters. The van der Waals surface area contributed by atoms with Crippen LogP contribution in [0.15, 0.2) is 0 Å². The van der Waals surface area contributed by atoms with Gasteiger partial charge < -0.3 is 5.11 Å². The Labute approximate surface area is 75.6 Å². The summed E-state index contributed by atoms with van der Waals surface area (Å²) >= 11 is 0. The van der Waals surface area contributed by atoms with Crippen molar-refractivity contribution >= 4 is 0 Å². The van der Waals surface area contributed by atoms with Crippen LogP contribution in [0.4, 0.5) is 0 Å². The van der Waals surface area contributed by atoms with E-state index in [0.29, 0.717) is 18.1 Å². The van der Waals surface area contributed by atoms with E-state index >= 15 is 0 Å². The van der Waals surface area contributed by atoms with Crippen molar-refractivity contribution in [2.45, 2.75) is 39.2 Å². The first-order valence-corrected chi connectivity index (χ1v) is 4.96. The molecule has 1 rings (SSSR count). The van der Waals surface area contributed by atoms with E-state index in [1.807, 2.05) is 0 Å². The van der Waals surface area contributed by atoms with Gasteiger partial charge in [0.15, 0.2) is 0 Å². The van der Waals surface area contributed by atoms with Crippen molar-refractivity contribution in [3.63, 3.8) is 0 Å². The van der Waals surface area contributed by atoms with E-state index in [-0.39, 0.29) is 0 Å². The van der Waals surface area contributed by atoms with Crippen molar-refractivity contribution in [3.05, 3.63) is 0 Å². The highest BCUT2D eigenvalue weighted by atomic mass is 16.3. The molecule has 0 aromatic carbocycles. The maximum absolute atomic E-state index is 9.06. The SMILES string of the molecule is CCN1CCC(CO)CC1(C)C. The van der Waals surface area contributed by atoms with Gasteiger partial charge in [-0.2, -0.15) is 0 Å². The topological polar surface area (TPSA) is 23.5 Å². The van der Waals surface area contributed by atoms with Crippen molar-refractivity contribution in [1.29, 1.82) is 0 Å². The van der Waals surface area contributed by atoms with Crippen LogP contribution >= 0.6 is 0 Å². The normalized spacial score (nSPS) is 30.5. The lowest BCUT2D eigenvalue weighted by Gasteiger charge is -2.44. The number of hydrogen-bond acceptors (Lipinski definition) is 2. The minimum atomic E-state index is 0.292. The predicted molar refractivity (Wildman–Crippen MR) is 51.1 cm³/mol. The number of aliphatic hydroxyl groups excluding tert-OH is 1. The number of rotatable bonds is 2. The lowest BCUT2D eigenvalue weighted by Crippen LogP contribution is -2.50. The fraction of sp³-hybridized carbons (Fsp3) is 1.00. The van der Waals surface area contributed by atoms with E-state index in [2.05, 4.69) is 25.7 Å². The van der Waals surface area contributed by atoms with Crippen LogP contribution in [-0.4, -0.2) is 35.2 Å². The molecule has 0 spiro atoms. The van der Waals surface area contributed by atoms with E-state index in [0.717, 1.165) is 25.9 Å². The molecule has 0 aromatic heterocycles. The minimum Gasteiger partial charge on any atom is -0.396 e. The van der Waals surface area contributed by atoms with Crippen molar-refractivity contribution in [2.75, 3.05) is 19.7 Å². The molecule has 0 aliphatic carbocycles. The van der Waals surface area contributed by atoms with Gasteiger partial charge in [0, 0.05) is 12.1 Å². The fourth-order valence-electron chi connectivity index (χ4n) is 2.32. The molecule has 1 unspecified atom stereocenters. The Hall–Kier alpha value is -0.0800. The van der Waals surface area contributed by atoms with Crippen molar-refractivity contribution in [1.82, 2.24) is 4.90 Å². The zero-order valence-electron chi connectivity index (χ0n) is 8.51. The van der Waals surface area contributed by atoms with E-state index in [1.54, 1.807) is 0 Å². The van der Waals surface area contributed by atoms with Gasteiger partial charge in [-0.05, 0) is 45.7 Å². The number of piperidine rings is 1. The smallest absolute Gasteiger partial charge is 0.0460 e. The summed E-state index contributed by atoms with van der Waals surface area (Å²) in [6.07, 6.45) is 2.30. The van der Waals surface area contributed by atoms with Gasteiger partial charge in [-0.15, -0.1) is 0 Å². The van der Waals surface area contributed by atoms with Gasteiger partial charge in [0.1, 0.15) is 0 Å². The Balaban J connectivity index is 2.54. The molecule has 1 heterocycles. The van der Waals surface area contributed by atoms with Crippen LogP contribution in [0, 0.1) is 5.92 Å². The van der Waals surface area contributed by atoms with Crippen LogP contribution in [0.2, 0.25) is 0 Å². The summed E-state index contributed by atoms with van der Waals surface area (Å²) in [5, 5.41) is 9.06. The van der Waals surface area contributed by atoms with Crippen LogP contribution in [0.5, 0.6) is 0 Å². The largest absolute Gasteiger partial charge is 0.396 e. The van der Waals surface area contributed by atoms with E-state index in [1.165, 1.54) is 0 Å². The molecular weight excluding hydrogens is 150 g/mol. The van der Waals surface area contributed by atoms with Gasteiger partial charge in [-0.3, -0.25) is 4.90 Å². The predicted octanol–water partition coefficient (Wildman–Crippen LogP) is 1.49. The lowest BCUT2D eigenvalue weighted by atomic mass is 9.83. The summed E-state index contributed by atoms with van der Waals surface area (Å²) in [5.74, 6) is 0.530. The van der Waals surface area contributed by atoms with E-state index < -0.39 is 0 Å². The molecule has 1 saturated heterocycles. The monoisotopic (exact) mass is 171 g/mol. The second kappa shape index (κ2) is 3.75. The Bertz CT molecular complexity index is 145. The first-order valence-electron chi connectivity index (χ1n) is 4.96. The third kappa shape index (κ3) is 1.99. The minimum absolute atomic E-state index is 0.292. The standard InChI is InChI=1S/C10H21NO/c1-4-11-6-5-9(8-12)7-10(11,2)3/h9,12H,4-8H2,1-3H3. The Kier molecular flexibility index (Phi) is 3.13. The number of aliphatic hydroxyl groups is 1. The quantitative estimate of drug-likeness (QED) is 0.680. The molecule has 0 radical (unpaired) electrons. The summed E-state index contributed by atoms with van der Waals surface area (Å²) in [5.41, 5.74) is 0.292. The Morgan fingerprint density at radius 1 is 1.50 bits per heavy atom. The molecule has 1 N–H and O–H groups in total. The summed E-state index contributed by atoms with van der Waals surface area (Å²) in [6, 6.07) is 0. The van der Waals surface area contributed by atoms with Gasteiger partial charge >= 0.3 is 0 Å². The second-order valence-corrected chi connectivity index (χ2v) is 4.43. The van der Waals surface area contributed by atoms with Gasteiger partial charge in [0.25, 0.3) is 0 Å². The first-order chi connectivity index (χ1) is 5.60. The third-order valence-corrected chi connectivity index (χ3v) is 3.09. The molecule has 12 heavy (non-hydrogen) atoms. The van der Waals surface area contributed by atoms with Gasteiger partial charge in [0.2, 0.25) is 0 Å². The molecule has 2 heteroatoms. The summed E-state index contributed by atoms with van der Waals surface area (Å²) in [4.78, 5) is 2.50. The van der Waals surface area contributed by atoms with Crippen LogP contribution < -0.4 is 0 Å². The number of hydrogen-bond donors (Lipinski definition) is 1. The maximum Gasteiger partial charge on any atom is 0.0460 e. The second-order valence-electron chi connectivity index (χ2n) is 4.43. The molecule has 0 amide bonds. The van der Waals surface area contributed by atoms with Crippen LogP contribution in [-0.2, 0) is 0 Å². The van der Waals surface area contributed by atoms with Crippen molar-refractivity contribution in [2.24, 2.45) is 5.92 Å². The zero-order chi connectivity index (χ0) is 9.19. The van der Waals surface area contributed by atoms with E-state index in [4.69, 9.17) is 5.11 Å². The van der Waals surface area contributed by atoms with Crippen molar-refractivity contribution < 1.29 is 5.11 Å². The average Bonchev–Trinajstić information content (AvgIpc) is 2.02. The van der Waals surface area contributed by atoms with Gasteiger partial charge in [-0.25, -0.2) is 0 Å².